The van der Waals surface area contributed by atoms with E-state index >= 15 is 0 Å². The van der Waals surface area contributed by atoms with Crippen molar-refractivity contribution in [2.75, 3.05) is 0 Å². The molecule has 1 aromatic rings. The highest BCUT2D eigenvalue weighted by Crippen LogP contribution is 2.39. The minimum Gasteiger partial charge on any atom is -0.508 e. The molecule has 4 heteroatoms. The zero-order valence-electron chi connectivity index (χ0n) is 8.26. The number of hydrogen-bond acceptors (Lipinski definition) is 2. The van der Waals surface area contributed by atoms with Crippen molar-refractivity contribution in [3.63, 3.8) is 0 Å². The quantitative estimate of drug-likeness (QED) is 0.752. The first-order valence-corrected chi connectivity index (χ1v) is 5.00. The van der Waals surface area contributed by atoms with Gasteiger partial charge in [0, 0.05) is 23.2 Å². The Bertz CT molecular complexity index is 363. The number of phenols is 1. The molecule has 0 spiro atoms. The van der Waals surface area contributed by atoms with E-state index in [1.165, 1.54) is 0 Å². The Morgan fingerprint density at radius 3 is 2.07 bits per heavy atom. The number of benzene rings is 1. The number of aromatic hydroxyl groups is 1. The van der Waals surface area contributed by atoms with Crippen LogP contribution in [0, 0.1) is 11.6 Å². The Morgan fingerprint density at radius 2 is 1.60 bits per heavy atom. The number of hydrogen-bond donors (Lipinski definition) is 2. The maximum atomic E-state index is 13.5. The Kier molecular flexibility index (Phi) is 2.38. The van der Waals surface area contributed by atoms with Crippen LogP contribution in [0.25, 0.3) is 0 Å². The van der Waals surface area contributed by atoms with E-state index in [9.17, 15) is 8.78 Å². The molecular formula is C11H13F2NO. The lowest BCUT2D eigenvalue weighted by molar-refractivity contribution is 0.395. The van der Waals surface area contributed by atoms with E-state index in [0.29, 0.717) is 12.8 Å². The molecule has 0 saturated heterocycles. The fourth-order valence-corrected chi connectivity index (χ4v) is 2.29. The second-order valence-corrected chi connectivity index (χ2v) is 4.15. The van der Waals surface area contributed by atoms with Crippen molar-refractivity contribution in [3.05, 3.63) is 29.3 Å². The highest BCUT2D eigenvalue weighted by Gasteiger charge is 2.36. The number of halogens is 2. The molecule has 1 aliphatic carbocycles. The summed E-state index contributed by atoms with van der Waals surface area (Å²) in [5.74, 6) is -1.91. The lowest BCUT2D eigenvalue weighted by atomic mass is 9.88. The Balaban J connectivity index is 2.52. The molecule has 0 amide bonds. The van der Waals surface area contributed by atoms with Crippen LogP contribution in [0.1, 0.15) is 31.2 Å². The molecule has 2 rings (SSSR count). The average molecular weight is 213 g/mol. The van der Waals surface area contributed by atoms with Gasteiger partial charge in [0.05, 0.1) is 0 Å². The predicted molar refractivity (Wildman–Crippen MR) is 52.4 cm³/mol. The van der Waals surface area contributed by atoms with E-state index in [2.05, 4.69) is 0 Å². The Morgan fingerprint density at radius 1 is 1.13 bits per heavy atom. The summed E-state index contributed by atoms with van der Waals surface area (Å²) in [6.07, 6.45) is 2.95. The van der Waals surface area contributed by atoms with Crippen LogP contribution >= 0.6 is 0 Å². The molecule has 0 unspecified atom stereocenters. The van der Waals surface area contributed by atoms with Gasteiger partial charge in [-0.15, -0.1) is 0 Å². The third kappa shape index (κ3) is 1.69. The van der Waals surface area contributed by atoms with E-state index < -0.39 is 22.9 Å². The van der Waals surface area contributed by atoms with Gasteiger partial charge in [0.2, 0.25) is 0 Å². The summed E-state index contributed by atoms with van der Waals surface area (Å²) in [4.78, 5) is 0. The number of rotatable bonds is 1. The van der Waals surface area contributed by atoms with Crippen LogP contribution in [0.3, 0.4) is 0 Å². The molecule has 1 aliphatic rings. The molecule has 1 saturated carbocycles. The summed E-state index contributed by atoms with van der Waals surface area (Å²) in [5, 5.41) is 9.02. The zero-order valence-corrected chi connectivity index (χ0v) is 8.26. The molecule has 15 heavy (non-hydrogen) atoms. The van der Waals surface area contributed by atoms with Gasteiger partial charge in [-0.3, -0.25) is 0 Å². The van der Waals surface area contributed by atoms with Gasteiger partial charge in [0.15, 0.2) is 0 Å². The van der Waals surface area contributed by atoms with Crippen LogP contribution in [0.15, 0.2) is 12.1 Å². The van der Waals surface area contributed by atoms with E-state index in [1.807, 2.05) is 0 Å². The van der Waals surface area contributed by atoms with Crippen LogP contribution in [0.5, 0.6) is 5.75 Å². The predicted octanol–water partition coefficient (Wildman–Crippen LogP) is 2.40. The topological polar surface area (TPSA) is 46.2 Å². The summed E-state index contributed by atoms with van der Waals surface area (Å²) in [7, 11) is 0. The average Bonchev–Trinajstić information content (AvgIpc) is 2.50. The maximum Gasteiger partial charge on any atom is 0.134 e. The fourth-order valence-electron chi connectivity index (χ4n) is 2.29. The van der Waals surface area contributed by atoms with Crippen molar-refractivity contribution in [1.29, 1.82) is 0 Å². The fraction of sp³-hybridized carbons (Fsp3) is 0.455. The van der Waals surface area contributed by atoms with Crippen molar-refractivity contribution in [2.24, 2.45) is 5.73 Å². The normalized spacial score (nSPS) is 19.4. The standard InChI is InChI=1S/C11H13F2NO/c12-8-5-7(15)6-9(13)10(8)11(14)3-1-2-4-11/h5-6,15H,1-4,14H2. The number of nitrogens with two attached hydrogens (primary N) is 1. The minimum absolute atomic E-state index is 0.0854. The molecule has 2 nitrogen and oxygen atoms in total. The van der Waals surface area contributed by atoms with Gasteiger partial charge in [-0.1, -0.05) is 12.8 Å². The third-order valence-electron chi connectivity index (χ3n) is 3.02. The van der Waals surface area contributed by atoms with Crippen molar-refractivity contribution in [3.8, 4) is 5.75 Å². The van der Waals surface area contributed by atoms with Gasteiger partial charge in [-0.2, -0.15) is 0 Å². The molecule has 0 atom stereocenters. The van der Waals surface area contributed by atoms with Gasteiger partial charge in [-0.25, -0.2) is 8.78 Å². The van der Waals surface area contributed by atoms with Crippen LogP contribution in [0.4, 0.5) is 8.78 Å². The first-order valence-electron chi connectivity index (χ1n) is 5.00. The smallest absolute Gasteiger partial charge is 0.134 e. The molecule has 1 fully saturated rings. The van der Waals surface area contributed by atoms with Gasteiger partial charge in [-0.05, 0) is 12.8 Å². The molecule has 0 aliphatic heterocycles. The molecule has 0 radical (unpaired) electrons. The van der Waals surface area contributed by atoms with Crippen molar-refractivity contribution in [1.82, 2.24) is 0 Å². The van der Waals surface area contributed by atoms with Gasteiger partial charge in [0.1, 0.15) is 17.4 Å². The lowest BCUT2D eigenvalue weighted by Gasteiger charge is -2.25. The minimum atomic E-state index is -0.901. The molecule has 0 bridgehead atoms. The molecule has 1 aromatic carbocycles. The SMILES string of the molecule is NC1(c2c(F)cc(O)cc2F)CCCC1. The van der Waals surface area contributed by atoms with Gasteiger partial charge >= 0.3 is 0 Å². The van der Waals surface area contributed by atoms with Crippen LogP contribution in [0.2, 0.25) is 0 Å². The monoisotopic (exact) mass is 213 g/mol. The van der Waals surface area contributed by atoms with Crippen LogP contribution < -0.4 is 5.73 Å². The lowest BCUT2D eigenvalue weighted by Crippen LogP contribution is -2.35. The van der Waals surface area contributed by atoms with Crippen LogP contribution in [-0.4, -0.2) is 5.11 Å². The molecule has 0 aromatic heterocycles. The molecule has 0 heterocycles. The first-order chi connectivity index (χ1) is 7.03. The highest BCUT2D eigenvalue weighted by molar-refractivity contribution is 5.34. The third-order valence-corrected chi connectivity index (χ3v) is 3.02. The largest absolute Gasteiger partial charge is 0.508 e. The highest BCUT2D eigenvalue weighted by atomic mass is 19.1. The first kappa shape index (κ1) is 10.4. The summed E-state index contributed by atoms with van der Waals surface area (Å²) in [6.45, 7) is 0. The summed E-state index contributed by atoms with van der Waals surface area (Å²) in [5.41, 5.74) is 4.98. The molecular weight excluding hydrogens is 200 g/mol. The van der Waals surface area contributed by atoms with Gasteiger partial charge < -0.3 is 10.8 Å². The van der Waals surface area contributed by atoms with E-state index in [4.69, 9.17) is 10.8 Å². The van der Waals surface area contributed by atoms with Crippen molar-refractivity contribution >= 4 is 0 Å². The molecule has 3 N–H and O–H groups in total. The summed E-state index contributed by atoms with van der Waals surface area (Å²) in [6, 6.07) is 1.82. The zero-order chi connectivity index (χ0) is 11.1. The van der Waals surface area contributed by atoms with Crippen molar-refractivity contribution in [2.45, 2.75) is 31.2 Å². The van der Waals surface area contributed by atoms with E-state index in [0.717, 1.165) is 25.0 Å². The second kappa shape index (κ2) is 3.45. The van der Waals surface area contributed by atoms with E-state index in [1.54, 1.807) is 0 Å². The van der Waals surface area contributed by atoms with Crippen molar-refractivity contribution < 1.29 is 13.9 Å². The Hall–Kier alpha value is -1.16. The number of phenolic OH excluding ortho intramolecular Hbond substituents is 1. The van der Waals surface area contributed by atoms with E-state index in [-0.39, 0.29) is 5.56 Å². The summed E-state index contributed by atoms with van der Waals surface area (Å²) < 4.78 is 27.1. The summed E-state index contributed by atoms with van der Waals surface area (Å²) >= 11 is 0. The van der Waals surface area contributed by atoms with Crippen LogP contribution in [-0.2, 0) is 5.54 Å². The Labute approximate surface area is 86.7 Å². The van der Waals surface area contributed by atoms with Gasteiger partial charge in [0.25, 0.3) is 0 Å². The second-order valence-electron chi connectivity index (χ2n) is 4.15. The molecule has 82 valence electrons. The maximum absolute atomic E-state index is 13.5.